The van der Waals surface area contributed by atoms with E-state index in [2.05, 4.69) is 11.6 Å². The number of hydrogen-bond acceptors (Lipinski definition) is 7. The van der Waals surface area contributed by atoms with Crippen molar-refractivity contribution in [2.75, 3.05) is 0 Å². The number of nitro groups is 2. The molecule has 0 radical (unpaired) electrons. The Kier molecular flexibility index (Phi) is 4.99. The minimum absolute atomic E-state index is 0.144. The van der Waals surface area contributed by atoms with Crippen LogP contribution >= 0.6 is 11.8 Å². The van der Waals surface area contributed by atoms with Crippen LogP contribution in [0.2, 0.25) is 0 Å². The Morgan fingerprint density at radius 3 is 2.56 bits per heavy atom. The molecule has 0 aliphatic carbocycles. The molecular formula is C17H12N4O5S. The number of para-hydroxylation sites is 1. The molecule has 10 heteroatoms. The molecule has 0 atom stereocenters. The van der Waals surface area contributed by atoms with E-state index in [9.17, 15) is 25.0 Å². The molecule has 0 N–H and O–H groups in total. The first-order chi connectivity index (χ1) is 12.9. The number of allylic oxidation sites excluding steroid dienone is 1. The van der Waals surface area contributed by atoms with Crippen LogP contribution in [0.3, 0.4) is 0 Å². The SMILES string of the molecule is C=CCn1c(Sc2ccc([N+](=O)[O-])cc2[N+](=O)[O-])nc2ccccc2c1=O. The maximum Gasteiger partial charge on any atom is 0.290 e. The number of fused-ring (bicyclic) bond motifs is 1. The summed E-state index contributed by atoms with van der Waals surface area (Å²) in [4.78, 5) is 38.1. The average Bonchev–Trinajstić information content (AvgIpc) is 2.65. The molecule has 3 rings (SSSR count). The Bertz CT molecular complexity index is 1140. The average molecular weight is 384 g/mol. The minimum Gasteiger partial charge on any atom is -0.283 e. The molecule has 9 nitrogen and oxygen atoms in total. The highest BCUT2D eigenvalue weighted by molar-refractivity contribution is 7.99. The van der Waals surface area contributed by atoms with E-state index in [1.165, 1.54) is 22.8 Å². The van der Waals surface area contributed by atoms with Gasteiger partial charge in [-0.15, -0.1) is 6.58 Å². The first kappa shape index (κ1) is 18.3. The van der Waals surface area contributed by atoms with Crippen LogP contribution < -0.4 is 5.56 Å². The Hall–Kier alpha value is -3.53. The van der Waals surface area contributed by atoms with E-state index in [1.54, 1.807) is 24.3 Å². The van der Waals surface area contributed by atoms with Crippen LogP contribution in [0.1, 0.15) is 0 Å². The molecule has 0 spiro atoms. The summed E-state index contributed by atoms with van der Waals surface area (Å²) in [6.07, 6.45) is 1.52. The number of non-ortho nitro benzene ring substituents is 1. The Morgan fingerprint density at radius 1 is 1.15 bits per heavy atom. The third kappa shape index (κ3) is 3.55. The molecule has 1 aromatic heterocycles. The van der Waals surface area contributed by atoms with Crippen molar-refractivity contribution < 1.29 is 9.85 Å². The summed E-state index contributed by atoms with van der Waals surface area (Å²) >= 11 is 0.898. The molecule has 0 saturated heterocycles. The molecule has 0 aliphatic rings. The van der Waals surface area contributed by atoms with Gasteiger partial charge in [0.2, 0.25) is 0 Å². The highest BCUT2D eigenvalue weighted by atomic mass is 32.2. The summed E-state index contributed by atoms with van der Waals surface area (Å²) in [6.45, 7) is 3.79. The van der Waals surface area contributed by atoms with E-state index < -0.39 is 15.5 Å². The van der Waals surface area contributed by atoms with Gasteiger partial charge in [-0.2, -0.15) is 0 Å². The minimum atomic E-state index is -0.705. The summed E-state index contributed by atoms with van der Waals surface area (Å²) in [5.74, 6) is 0. The zero-order valence-corrected chi connectivity index (χ0v) is 14.6. The first-order valence-electron chi connectivity index (χ1n) is 7.63. The maximum absolute atomic E-state index is 12.7. The van der Waals surface area contributed by atoms with Gasteiger partial charge < -0.3 is 0 Å². The number of nitrogens with zero attached hydrogens (tertiary/aromatic N) is 4. The molecule has 0 saturated carbocycles. The van der Waals surface area contributed by atoms with E-state index in [0.29, 0.717) is 10.9 Å². The molecule has 0 fully saturated rings. The summed E-state index contributed by atoms with van der Waals surface area (Å²) in [5, 5.41) is 22.9. The molecule has 2 aromatic carbocycles. The fourth-order valence-electron chi connectivity index (χ4n) is 2.46. The van der Waals surface area contributed by atoms with Crippen LogP contribution in [0, 0.1) is 20.2 Å². The lowest BCUT2D eigenvalue weighted by molar-refractivity contribution is -0.396. The zero-order valence-electron chi connectivity index (χ0n) is 13.8. The molecule has 0 aliphatic heterocycles. The molecule has 0 amide bonds. The summed E-state index contributed by atoms with van der Waals surface area (Å²) in [7, 11) is 0. The van der Waals surface area contributed by atoms with Gasteiger partial charge in [-0.1, -0.05) is 18.2 Å². The first-order valence-corrected chi connectivity index (χ1v) is 8.45. The van der Waals surface area contributed by atoms with Crippen LogP contribution in [-0.4, -0.2) is 19.4 Å². The van der Waals surface area contributed by atoms with Gasteiger partial charge in [0.05, 0.1) is 31.7 Å². The highest BCUT2D eigenvalue weighted by Crippen LogP contribution is 2.36. The largest absolute Gasteiger partial charge is 0.290 e. The smallest absolute Gasteiger partial charge is 0.283 e. The molecular weight excluding hydrogens is 372 g/mol. The second-order valence-electron chi connectivity index (χ2n) is 5.38. The van der Waals surface area contributed by atoms with Gasteiger partial charge in [-0.05, 0) is 30.0 Å². The predicted molar refractivity (Wildman–Crippen MR) is 100 cm³/mol. The Balaban J connectivity index is 2.18. The molecule has 136 valence electrons. The van der Waals surface area contributed by atoms with Crippen LogP contribution in [-0.2, 0) is 6.54 Å². The second kappa shape index (κ2) is 7.38. The Morgan fingerprint density at radius 2 is 1.89 bits per heavy atom. The normalized spacial score (nSPS) is 10.7. The van der Waals surface area contributed by atoms with Crippen molar-refractivity contribution in [1.82, 2.24) is 9.55 Å². The van der Waals surface area contributed by atoms with E-state index in [4.69, 9.17) is 0 Å². The molecule has 0 bridgehead atoms. The van der Waals surface area contributed by atoms with Gasteiger partial charge >= 0.3 is 0 Å². The van der Waals surface area contributed by atoms with Gasteiger partial charge in [0.1, 0.15) is 0 Å². The van der Waals surface area contributed by atoms with Crippen LogP contribution in [0.5, 0.6) is 0 Å². The van der Waals surface area contributed by atoms with Gasteiger partial charge in [0, 0.05) is 12.6 Å². The lowest BCUT2D eigenvalue weighted by Crippen LogP contribution is -2.22. The van der Waals surface area contributed by atoms with Crippen molar-refractivity contribution in [2.45, 2.75) is 16.6 Å². The molecule has 27 heavy (non-hydrogen) atoms. The van der Waals surface area contributed by atoms with Crippen LogP contribution in [0.25, 0.3) is 10.9 Å². The van der Waals surface area contributed by atoms with E-state index in [1.807, 2.05) is 0 Å². The third-order valence-electron chi connectivity index (χ3n) is 3.69. The van der Waals surface area contributed by atoms with E-state index >= 15 is 0 Å². The van der Waals surface area contributed by atoms with Crippen molar-refractivity contribution >= 4 is 34.0 Å². The van der Waals surface area contributed by atoms with Crippen molar-refractivity contribution in [3.8, 4) is 0 Å². The topological polar surface area (TPSA) is 121 Å². The zero-order chi connectivity index (χ0) is 19.6. The van der Waals surface area contributed by atoms with Gasteiger partial charge in [0.15, 0.2) is 5.16 Å². The maximum atomic E-state index is 12.7. The van der Waals surface area contributed by atoms with Crippen LogP contribution in [0.4, 0.5) is 11.4 Å². The lowest BCUT2D eigenvalue weighted by atomic mass is 10.2. The van der Waals surface area contributed by atoms with Gasteiger partial charge in [-0.25, -0.2) is 4.98 Å². The quantitative estimate of drug-likeness (QED) is 0.276. The fraction of sp³-hybridized carbons (Fsp3) is 0.0588. The highest BCUT2D eigenvalue weighted by Gasteiger charge is 2.22. The number of benzene rings is 2. The van der Waals surface area contributed by atoms with Gasteiger partial charge in [-0.3, -0.25) is 29.6 Å². The third-order valence-corrected chi connectivity index (χ3v) is 4.75. The Labute approximate surface area is 156 Å². The van der Waals surface area contributed by atoms with Crippen molar-refractivity contribution in [3.05, 3.63) is 85.7 Å². The number of aromatic nitrogens is 2. The van der Waals surface area contributed by atoms with Crippen molar-refractivity contribution in [3.63, 3.8) is 0 Å². The molecule has 0 unspecified atom stereocenters. The van der Waals surface area contributed by atoms with Gasteiger partial charge in [0.25, 0.3) is 16.9 Å². The van der Waals surface area contributed by atoms with Crippen molar-refractivity contribution in [2.24, 2.45) is 0 Å². The number of hydrogen-bond donors (Lipinski definition) is 0. The summed E-state index contributed by atoms with van der Waals surface area (Å²) in [5.41, 5.74) is -0.662. The van der Waals surface area contributed by atoms with Crippen LogP contribution in [0.15, 0.2) is 70.0 Å². The monoisotopic (exact) mass is 384 g/mol. The predicted octanol–water partition coefficient (Wildman–Crippen LogP) is 3.55. The standard InChI is InChI=1S/C17H12N4O5S/c1-2-9-19-16(22)12-5-3-4-6-13(12)18-17(19)27-15-8-7-11(20(23)24)10-14(15)21(25)26/h2-8,10H,1,9H2. The fourth-order valence-corrected chi connectivity index (χ4v) is 3.44. The number of rotatable bonds is 6. The number of nitro benzene ring substituents is 2. The molecule has 1 heterocycles. The van der Waals surface area contributed by atoms with E-state index in [0.717, 1.165) is 17.8 Å². The lowest BCUT2D eigenvalue weighted by Gasteiger charge is -2.11. The summed E-state index contributed by atoms with van der Waals surface area (Å²) in [6, 6.07) is 10.1. The molecule has 3 aromatic rings. The van der Waals surface area contributed by atoms with Crippen molar-refractivity contribution in [1.29, 1.82) is 0 Å². The second-order valence-corrected chi connectivity index (χ2v) is 6.39. The summed E-state index contributed by atoms with van der Waals surface area (Å²) < 4.78 is 1.35. The van der Waals surface area contributed by atoms with E-state index in [-0.39, 0.29) is 27.8 Å².